The van der Waals surface area contributed by atoms with Gasteiger partial charge in [0.25, 0.3) is 0 Å². The Morgan fingerprint density at radius 1 is 0.552 bits per heavy atom. The standard InChI is InChI=1S/2C12H23FP.Pd/c2*1-10(2,3)12(13,8-7-9-14)11(4,5)6;/h2*7-8,14H,9H2,1-6H3;/q2*-1;+2. The van der Waals surface area contributed by atoms with Crippen LogP contribution in [0, 0.1) is 21.7 Å². The molecule has 176 valence electrons. The van der Waals surface area contributed by atoms with E-state index in [2.05, 4.69) is 0 Å². The van der Waals surface area contributed by atoms with Crippen molar-refractivity contribution in [2.75, 3.05) is 12.3 Å². The van der Waals surface area contributed by atoms with Gasteiger partial charge in [-0.25, -0.2) is 0 Å². The summed E-state index contributed by atoms with van der Waals surface area (Å²) in [6.45, 7) is 25.4. The summed E-state index contributed by atoms with van der Waals surface area (Å²) in [5.74, 6) is 0. The Balaban J connectivity index is 4.62. The molecule has 2 unspecified atom stereocenters. The Labute approximate surface area is 191 Å². The van der Waals surface area contributed by atoms with Gasteiger partial charge in [-0.2, -0.15) is 0 Å². The average molecular weight is 541 g/mol. The topological polar surface area (TPSA) is 0 Å². The molecular formula is C24H46F2P2Pd. The predicted octanol–water partition coefficient (Wildman–Crippen LogP) is 8.97. The first-order chi connectivity index (χ1) is 12.7. The van der Waals surface area contributed by atoms with Crippen molar-refractivity contribution >= 4 is 13.5 Å². The Bertz CT molecular complexity index is 477. The monoisotopic (exact) mass is 540 g/mol. The zero-order valence-electron chi connectivity index (χ0n) is 20.8. The first-order valence-electron chi connectivity index (χ1n) is 10.5. The van der Waals surface area contributed by atoms with Crippen molar-refractivity contribution in [2.24, 2.45) is 21.7 Å². The van der Waals surface area contributed by atoms with Crippen LogP contribution in [0.1, 0.15) is 83.1 Å². The number of halogens is 2. The van der Waals surface area contributed by atoms with Crippen molar-refractivity contribution in [1.29, 1.82) is 0 Å². The molecule has 0 rings (SSSR count). The third-order valence-electron chi connectivity index (χ3n) is 5.54. The number of alkyl halides is 2. The molecule has 0 N–H and O–H groups in total. The second-order valence-corrected chi connectivity index (χ2v) is 20.6. The van der Waals surface area contributed by atoms with Gasteiger partial charge in [0.1, 0.15) is 0 Å². The van der Waals surface area contributed by atoms with E-state index in [0.29, 0.717) is 17.0 Å². The maximum absolute atomic E-state index is 15.7. The van der Waals surface area contributed by atoms with Crippen LogP contribution in [-0.4, -0.2) is 23.7 Å². The molecule has 29 heavy (non-hydrogen) atoms. The summed E-state index contributed by atoms with van der Waals surface area (Å²) in [4.78, 5) is 0. The maximum atomic E-state index is 15.7. The molecule has 0 aliphatic rings. The SMILES string of the molecule is CC(C)(C)C(F)(C=CC[PH][Pd][PH]CC=CC(F)(C(C)(C)C)C(C)(C)C)C(C)(C)C. The first kappa shape index (κ1) is 29.9. The molecule has 0 fully saturated rings. The Hall–Kier alpha value is 0.862. The molecule has 0 amide bonds. The van der Waals surface area contributed by atoms with E-state index in [1.165, 1.54) is 0 Å². The van der Waals surface area contributed by atoms with Crippen molar-refractivity contribution in [3.63, 3.8) is 0 Å². The van der Waals surface area contributed by atoms with E-state index in [-0.39, 0.29) is 0 Å². The second kappa shape index (κ2) is 10.7. The third kappa shape index (κ3) is 8.05. The van der Waals surface area contributed by atoms with E-state index in [9.17, 15) is 0 Å². The first-order valence-corrected chi connectivity index (χ1v) is 17.2. The van der Waals surface area contributed by atoms with Gasteiger partial charge < -0.3 is 0 Å². The van der Waals surface area contributed by atoms with E-state index >= 15 is 8.78 Å². The van der Waals surface area contributed by atoms with Crippen molar-refractivity contribution in [3.8, 4) is 0 Å². The molecule has 0 saturated carbocycles. The van der Waals surface area contributed by atoms with Crippen LogP contribution in [0.3, 0.4) is 0 Å². The van der Waals surface area contributed by atoms with Gasteiger partial charge in [0, 0.05) is 0 Å². The average Bonchev–Trinajstić information content (AvgIpc) is 2.48. The van der Waals surface area contributed by atoms with Gasteiger partial charge in [-0.05, 0) is 0 Å². The minimum atomic E-state index is -1.33. The van der Waals surface area contributed by atoms with Gasteiger partial charge in [-0.1, -0.05) is 0 Å². The molecular weight excluding hydrogens is 495 g/mol. The summed E-state index contributed by atoms with van der Waals surface area (Å²) in [5, 5.41) is 0. The molecule has 0 nitrogen and oxygen atoms in total. The second-order valence-electron chi connectivity index (χ2n) is 11.9. The van der Waals surface area contributed by atoms with Gasteiger partial charge >= 0.3 is 192 Å². The van der Waals surface area contributed by atoms with Gasteiger partial charge in [0.05, 0.1) is 0 Å². The molecule has 0 aromatic heterocycles. The molecule has 0 heterocycles. The van der Waals surface area contributed by atoms with Crippen LogP contribution >= 0.6 is 13.5 Å². The van der Waals surface area contributed by atoms with E-state index in [1.807, 2.05) is 95.2 Å². The molecule has 0 radical (unpaired) electrons. The van der Waals surface area contributed by atoms with Crippen molar-refractivity contribution in [2.45, 2.75) is 94.4 Å². The van der Waals surface area contributed by atoms with E-state index < -0.39 is 33.0 Å². The Morgan fingerprint density at radius 2 is 0.793 bits per heavy atom. The van der Waals surface area contributed by atoms with E-state index in [0.717, 1.165) is 25.9 Å². The summed E-state index contributed by atoms with van der Waals surface area (Å²) < 4.78 is 31.3. The normalized spacial score (nSPS) is 16.6. The van der Waals surface area contributed by atoms with Crippen LogP contribution in [0.25, 0.3) is 0 Å². The summed E-state index contributed by atoms with van der Waals surface area (Å²) in [6, 6.07) is 0. The van der Waals surface area contributed by atoms with E-state index in [4.69, 9.17) is 0 Å². The third-order valence-corrected chi connectivity index (χ3v) is 14.0. The van der Waals surface area contributed by atoms with Crippen molar-refractivity contribution < 1.29 is 25.8 Å². The van der Waals surface area contributed by atoms with Gasteiger partial charge in [0.2, 0.25) is 0 Å². The van der Waals surface area contributed by atoms with Crippen LogP contribution in [0.2, 0.25) is 0 Å². The number of hydrogen-bond donors (Lipinski definition) is 0. The molecule has 2 atom stereocenters. The zero-order chi connectivity index (χ0) is 23.4. The summed E-state index contributed by atoms with van der Waals surface area (Å²) in [7, 11) is 0. The molecule has 0 aliphatic carbocycles. The van der Waals surface area contributed by atoms with Gasteiger partial charge in [-0.15, -0.1) is 0 Å². The fourth-order valence-electron chi connectivity index (χ4n) is 3.87. The zero-order valence-corrected chi connectivity index (χ0v) is 24.4. The molecule has 0 saturated heterocycles. The van der Waals surface area contributed by atoms with E-state index in [1.54, 1.807) is 12.2 Å². The van der Waals surface area contributed by atoms with Crippen molar-refractivity contribution in [1.82, 2.24) is 0 Å². The molecule has 0 aliphatic heterocycles. The minimum absolute atomic E-state index is 0.430. The fraction of sp³-hybridized carbons (Fsp3) is 0.833. The number of allylic oxidation sites excluding steroid dienone is 4. The summed E-state index contributed by atoms with van der Waals surface area (Å²) in [5.41, 5.74) is -4.38. The quantitative estimate of drug-likeness (QED) is 0.125. The number of rotatable bonds is 8. The fourth-order valence-corrected chi connectivity index (χ4v) is 10.8. The van der Waals surface area contributed by atoms with Crippen LogP contribution in [0.4, 0.5) is 8.78 Å². The predicted molar refractivity (Wildman–Crippen MR) is 130 cm³/mol. The molecule has 0 bridgehead atoms. The molecule has 0 aromatic rings. The van der Waals surface area contributed by atoms with Crippen LogP contribution < -0.4 is 0 Å². The number of hydrogen-bond acceptors (Lipinski definition) is 0. The Kier molecular flexibility index (Phi) is 11.0. The van der Waals surface area contributed by atoms with Crippen molar-refractivity contribution in [3.05, 3.63) is 24.3 Å². The molecule has 0 aromatic carbocycles. The van der Waals surface area contributed by atoms with Gasteiger partial charge in [-0.3, -0.25) is 0 Å². The van der Waals surface area contributed by atoms with Crippen LogP contribution in [0.5, 0.6) is 0 Å². The molecule has 5 heteroatoms. The summed E-state index contributed by atoms with van der Waals surface area (Å²) >= 11 is 0.670. The summed E-state index contributed by atoms with van der Waals surface area (Å²) in [6.07, 6.45) is 9.58. The van der Waals surface area contributed by atoms with Crippen LogP contribution in [0.15, 0.2) is 24.3 Å². The van der Waals surface area contributed by atoms with Gasteiger partial charge in [0.15, 0.2) is 0 Å². The molecule has 0 spiro atoms. The van der Waals surface area contributed by atoms with Crippen LogP contribution in [-0.2, 0) is 17.0 Å². The Morgan fingerprint density at radius 3 is 1.00 bits per heavy atom.